The number of benzene rings is 2. The number of methoxy groups -OCH3 is 1. The molecule has 3 rings (SSSR count). The maximum absolute atomic E-state index is 13.6. The summed E-state index contributed by atoms with van der Waals surface area (Å²) in [4.78, 5) is 42.0. The van der Waals surface area contributed by atoms with Gasteiger partial charge in [0.1, 0.15) is 5.92 Å². The summed E-state index contributed by atoms with van der Waals surface area (Å²) in [6.07, 6.45) is 0.437. The van der Waals surface area contributed by atoms with Crippen LogP contribution in [0.2, 0.25) is 5.02 Å². The van der Waals surface area contributed by atoms with Crippen LogP contribution in [-0.2, 0) is 19.1 Å². The Bertz CT molecular complexity index is 973. The molecule has 8 heteroatoms. The van der Waals surface area contributed by atoms with Crippen LogP contribution in [0.3, 0.4) is 0 Å². The molecule has 6 nitrogen and oxygen atoms in total. The van der Waals surface area contributed by atoms with Gasteiger partial charge in [-0.05, 0) is 48.4 Å². The standard InChI is InChI=1S/C25H27BrClNO5/c1-3-20(23(29)17-6-10-19(27)11-7-17)21(16-4-8-18(26)9-5-16)22(25(31)32-2)24(30)28-12-14-33-15-13-28/h4-11,20-22H,3,12-15H2,1-2H3/t20-,21-,22+/m0/s1. The van der Waals surface area contributed by atoms with Crippen molar-refractivity contribution in [3.63, 3.8) is 0 Å². The first-order valence-corrected chi connectivity index (χ1v) is 12.0. The van der Waals surface area contributed by atoms with Gasteiger partial charge in [-0.2, -0.15) is 0 Å². The van der Waals surface area contributed by atoms with E-state index < -0.39 is 23.7 Å². The average molecular weight is 537 g/mol. The number of ether oxygens (including phenoxy) is 2. The first-order chi connectivity index (χ1) is 15.9. The number of Topliss-reactive ketones (excluding diaryl/α,β-unsaturated/α-hetero) is 1. The smallest absolute Gasteiger partial charge is 0.318 e. The zero-order valence-electron chi connectivity index (χ0n) is 18.6. The van der Waals surface area contributed by atoms with Gasteiger partial charge in [-0.15, -0.1) is 0 Å². The molecule has 1 aliphatic heterocycles. The van der Waals surface area contributed by atoms with Crippen molar-refractivity contribution in [2.75, 3.05) is 33.4 Å². The Morgan fingerprint density at radius 3 is 2.21 bits per heavy atom. The van der Waals surface area contributed by atoms with Crippen LogP contribution in [0.4, 0.5) is 0 Å². The van der Waals surface area contributed by atoms with Gasteiger partial charge >= 0.3 is 5.97 Å². The predicted octanol–water partition coefficient (Wildman–Crippen LogP) is 4.74. The van der Waals surface area contributed by atoms with Crippen LogP contribution in [0.15, 0.2) is 53.0 Å². The quantitative estimate of drug-likeness (QED) is 0.277. The molecule has 1 amide bonds. The van der Waals surface area contributed by atoms with Gasteiger partial charge in [-0.1, -0.05) is 46.6 Å². The number of carbonyl (C=O) groups is 3. The second kappa shape index (κ2) is 11.8. The van der Waals surface area contributed by atoms with E-state index >= 15 is 0 Å². The fraction of sp³-hybridized carbons (Fsp3) is 0.400. The number of hydrogen-bond acceptors (Lipinski definition) is 5. The number of hydrogen-bond donors (Lipinski definition) is 0. The second-order valence-corrected chi connectivity index (χ2v) is 9.25. The van der Waals surface area contributed by atoms with Gasteiger partial charge < -0.3 is 14.4 Å². The van der Waals surface area contributed by atoms with Gasteiger partial charge in [0.25, 0.3) is 0 Å². The molecule has 33 heavy (non-hydrogen) atoms. The number of amides is 1. The van der Waals surface area contributed by atoms with E-state index in [4.69, 9.17) is 21.1 Å². The minimum Gasteiger partial charge on any atom is -0.468 e. The summed E-state index contributed by atoms with van der Waals surface area (Å²) in [5, 5.41) is 0.527. The Morgan fingerprint density at radius 1 is 1.06 bits per heavy atom. The van der Waals surface area contributed by atoms with Crippen LogP contribution < -0.4 is 0 Å². The molecule has 2 aromatic rings. The average Bonchev–Trinajstić information content (AvgIpc) is 2.84. The first kappa shape index (κ1) is 25.4. The molecular weight excluding hydrogens is 510 g/mol. The molecule has 0 bridgehead atoms. The van der Waals surface area contributed by atoms with Gasteiger partial charge in [0.2, 0.25) is 5.91 Å². The Labute approximate surface area is 207 Å². The Balaban J connectivity index is 2.09. The number of nitrogens with zero attached hydrogens (tertiary/aromatic N) is 1. The Hall–Kier alpha value is -2.22. The first-order valence-electron chi connectivity index (χ1n) is 10.9. The minimum atomic E-state index is -1.16. The lowest BCUT2D eigenvalue weighted by Gasteiger charge is -2.35. The lowest BCUT2D eigenvalue weighted by molar-refractivity contribution is -0.157. The molecule has 1 aliphatic rings. The lowest BCUT2D eigenvalue weighted by atomic mass is 9.72. The number of carbonyl (C=O) groups excluding carboxylic acids is 3. The Morgan fingerprint density at radius 2 is 1.67 bits per heavy atom. The topological polar surface area (TPSA) is 72.9 Å². The monoisotopic (exact) mass is 535 g/mol. The van der Waals surface area contributed by atoms with E-state index in [0.717, 1.165) is 10.0 Å². The SMILES string of the molecule is CC[C@H](C(=O)c1ccc(Cl)cc1)[C@H](c1ccc(Br)cc1)[C@@H](C(=O)OC)C(=O)N1CCOCC1. The third-order valence-electron chi connectivity index (χ3n) is 6.00. The molecule has 0 unspecified atom stereocenters. The third-order valence-corrected chi connectivity index (χ3v) is 6.78. The molecule has 0 saturated carbocycles. The highest BCUT2D eigenvalue weighted by atomic mass is 79.9. The molecule has 0 aliphatic carbocycles. The summed E-state index contributed by atoms with van der Waals surface area (Å²) >= 11 is 9.44. The van der Waals surface area contributed by atoms with Crippen molar-refractivity contribution in [3.8, 4) is 0 Å². The van der Waals surface area contributed by atoms with E-state index in [-0.39, 0.29) is 11.7 Å². The van der Waals surface area contributed by atoms with Crippen molar-refractivity contribution in [2.24, 2.45) is 11.8 Å². The summed E-state index contributed by atoms with van der Waals surface area (Å²) in [5.41, 5.74) is 1.21. The molecule has 3 atom stereocenters. The van der Waals surface area contributed by atoms with Gasteiger partial charge in [-0.25, -0.2) is 0 Å². The van der Waals surface area contributed by atoms with Crippen molar-refractivity contribution < 1.29 is 23.9 Å². The summed E-state index contributed by atoms with van der Waals surface area (Å²) in [7, 11) is 1.27. The third kappa shape index (κ3) is 6.02. The van der Waals surface area contributed by atoms with Gasteiger partial charge in [0.05, 0.1) is 20.3 Å². The number of esters is 1. The molecule has 0 aromatic heterocycles. The van der Waals surface area contributed by atoms with Gasteiger partial charge in [-0.3, -0.25) is 14.4 Å². The van der Waals surface area contributed by atoms with E-state index in [0.29, 0.717) is 43.3 Å². The number of ketones is 1. The lowest BCUT2D eigenvalue weighted by Crippen LogP contribution is -2.49. The minimum absolute atomic E-state index is 0.147. The molecule has 1 fully saturated rings. The second-order valence-electron chi connectivity index (χ2n) is 7.90. The maximum atomic E-state index is 13.6. The Kier molecular flexibility index (Phi) is 9.06. The van der Waals surface area contributed by atoms with E-state index in [1.807, 2.05) is 31.2 Å². The summed E-state index contributed by atoms with van der Waals surface area (Å²) in [6.45, 7) is 3.48. The highest BCUT2D eigenvalue weighted by Crippen LogP contribution is 2.39. The van der Waals surface area contributed by atoms with E-state index in [1.165, 1.54) is 7.11 Å². The fourth-order valence-electron chi connectivity index (χ4n) is 4.28. The van der Waals surface area contributed by atoms with Crippen molar-refractivity contribution >= 4 is 45.2 Å². The molecule has 176 valence electrons. The van der Waals surface area contributed by atoms with E-state index in [9.17, 15) is 14.4 Å². The van der Waals surface area contributed by atoms with Crippen LogP contribution >= 0.6 is 27.5 Å². The molecular formula is C25H27BrClNO5. The summed E-state index contributed by atoms with van der Waals surface area (Å²) < 4.78 is 11.3. The molecule has 1 saturated heterocycles. The van der Waals surface area contributed by atoms with Crippen LogP contribution in [0, 0.1) is 11.8 Å². The summed E-state index contributed by atoms with van der Waals surface area (Å²) in [5.74, 6) is -3.63. The number of halogens is 2. The largest absolute Gasteiger partial charge is 0.468 e. The molecule has 0 N–H and O–H groups in total. The molecule has 1 heterocycles. The molecule has 0 spiro atoms. The molecule has 0 radical (unpaired) electrons. The summed E-state index contributed by atoms with van der Waals surface area (Å²) in [6, 6.07) is 14.0. The van der Waals surface area contributed by atoms with Crippen molar-refractivity contribution in [1.29, 1.82) is 0 Å². The van der Waals surface area contributed by atoms with E-state index in [1.54, 1.807) is 29.2 Å². The highest BCUT2D eigenvalue weighted by molar-refractivity contribution is 9.10. The maximum Gasteiger partial charge on any atom is 0.318 e. The zero-order valence-corrected chi connectivity index (χ0v) is 21.0. The van der Waals surface area contributed by atoms with Crippen LogP contribution in [0.5, 0.6) is 0 Å². The normalized spacial score (nSPS) is 16.5. The highest BCUT2D eigenvalue weighted by Gasteiger charge is 2.45. The van der Waals surface area contributed by atoms with Crippen molar-refractivity contribution in [1.82, 2.24) is 4.90 Å². The van der Waals surface area contributed by atoms with Crippen LogP contribution in [0.1, 0.15) is 35.2 Å². The number of rotatable bonds is 8. The van der Waals surface area contributed by atoms with Crippen LogP contribution in [0.25, 0.3) is 0 Å². The molecule has 2 aromatic carbocycles. The fourth-order valence-corrected chi connectivity index (χ4v) is 4.67. The number of morpholine rings is 1. The predicted molar refractivity (Wildman–Crippen MR) is 129 cm³/mol. The van der Waals surface area contributed by atoms with Gasteiger partial charge in [0, 0.05) is 40.0 Å². The zero-order chi connectivity index (χ0) is 24.0. The van der Waals surface area contributed by atoms with E-state index in [2.05, 4.69) is 15.9 Å². The van der Waals surface area contributed by atoms with Crippen molar-refractivity contribution in [3.05, 3.63) is 69.2 Å². The van der Waals surface area contributed by atoms with Crippen molar-refractivity contribution in [2.45, 2.75) is 19.3 Å². The van der Waals surface area contributed by atoms with Crippen LogP contribution in [-0.4, -0.2) is 56.0 Å². The van der Waals surface area contributed by atoms with Gasteiger partial charge in [0.15, 0.2) is 5.78 Å².